The first-order valence-electron chi connectivity index (χ1n) is 6.00. The van der Waals surface area contributed by atoms with E-state index in [9.17, 15) is 4.79 Å². The van der Waals surface area contributed by atoms with E-state index >= 15 is 0 Å². The highest BCUT2D eigenvalue weighted by molar-refractivity contribution is 9.10. The van der Waals surface area contributed by atoms with Crippen molar-refractivity contribution in [3.8, 4) is 11.5 Å². The highest BCUT2D eigenvalue weighted by atomic mass is 79.9. The second kappa shape index (κ2) is 6.96. The van der Waals surface area contributed by atoms with Gasteiger partial charge in [-0.05, 0) is 52.3 Å². The third-order valence-electron chi connectivity index (χ3n) is 2.55. The monoisotopic (exact) mass is 336 g/mol. The van der Waals surface area contributed by atoms with Crippen LogP contribution in [0.25, 0.3) is 0 Å². The van der Waals surface area contributed by atoms with Crippen LogP contribution in [0, 0.1) is 0 Å². The molecule has 20 heavy (non-hydrogen) atoms. The Bertz CT molecular complexity index is 581. The largest absolute Gasteiger partial charge is 0.490 e. The van der Waals surface area contributed by atoms with E-state index in [2.05, 4.69) is 15.9 Å². The smallest absolute Gasteiger partial charge is 0.335 e. The molecule has 0 aliphatic heterocycles. The molecule has 0 amide bonds. The average Bonchev–Trinajstić information content (AvgIpc) is 2.46. The second-order valence-corrected chi connectivity index (χ2v) is 4.81. The highest BCUT2D eigenvalue weighted by Crippen LogP contribution is 2.23. The summed E-state index contributed by atoms with van der Waals surface area (Å²) in [5.74, 6) is 0.428. The number of aromatic carboxylic acids is 1. The predicted molar refractivity (Wildman–Crippen MR) is 78.5 cm³/mol. The molecule has 0 aliphatic rings. The van der Waals surface area contributed by atoms with Gasteiger partial charge in [0.25, 0.3) is 0 Å². The summed E-state index contributed by atoms with van der Waals surface area (Å²) in [6.07, 6.45) is 0. The van der Waals surface area contributed by atoms with Gasteiger partial charge in [-0.25, -0.2) is 4.79 Å². The molecular formula is C15H13BrO4. The predicted octanol–water partition coefficient (Wildman–Crippen LogP) is 3.61. The molecule has 2 aromatic carbocycles. The topological polar surface area (TPSA) is 55.8 Å². The Morgan fingerprint density at radius 3 is 2.30 bits per heavy atom. The molecule has 0 heterocycles. The first-order valence-corrected chi connectivity index (χ1v) is 6.79. The SMILES string of the molecule is O=C(O)c1ccc(OCCOc2ccccc2Br)cc1. The highest BCUT2D eigenvalue weighted by Gasteiger charge is 2.02. The molecule has 0 aliphatic carbocycles. The maximum absolute atomic E-state index is 10.7. The summed E-state index contributed by atoms with van der Waals surface area (Å²) in [6.45, 7) is 0.789. The quantitative estimate of drug-likeness (QED) is 0.819. The van der Waals surface area contributed by atoms with Crippen LogP contribution in [0.15, 0.2) is 53.0 Å². The zero-order chi connectivity index (χ0) is 14.4. The summed E-state index contributed by atoms with van der Waals surface area (Å²) >= 11 is 3.39. The number of carboxylic acids is 1. The van der Waals surface area contributed by atoms with Crippen LogP contribution >= 0.6 is 15.9 Å². The molecule has 0 spiro atoms. The molecule has 0 unspecified atom stereocenters. The number of para-hydroxylation sites is 1. The van der Waals surface area contributed by atoms with E-state index in [0.717, 1.165) is 10.2 Å². The van der Waals surface area contributed by atoms with E-state index in [-0.39, 0.29) is 5.56 Å². The van der Waals surface area contributed by atoms with Crippen LogP contribution < -0.4 is 9.47 Å². The van der Waals surface area contributed by atoms with E-state index in [1.165, 1.54) is 12.1 Å². The van der Waals surface area contributed by atoms with Gasteiger partial charge in [0.05, 0.1) is 10.0 Å². The van der Waals surface area contributed by atoms with Crippen molar-refractivity contribution >= 4 is 21.9 Å². The minimum absolute atomic E-state index is 0.238. The molecule has 104 valence electrons. The Morgan fingerprint density at radius 1 is 1.00 bits per heavy atom. The van der Waals surface area contributed by atoms with E-state index in [1.54, 1.807) is 12.1 Å². The number of rotatable bonds is 6. The minimum Gasteiger partial charge on any atom is -0.490 e. The first kappa shape index (κ1) is 14.4. The van der Waals surface area contributed by atoms with Crippen molar-refractivity contribution in [1.29, 1.82) is 0 Å². The van der Waals surface area contributed by atoms with Gasteiger partial charge >= 0.3 is 5.97 Å². The molecule has 0 fully saturated rings. The molecule has 2 aromatic rings. The normalized spacial score (nSPS) is 10.1. The van der Waals surface area contributed by atoms with Gasteiger partial charge < -0.3 is 14.6 Å². The lowest BCUT2D eigenvalue weighted by atomic mass is 10.2. The Morgan fingerprint density at radius 2 is 1.65 bits per heavy atom. The Hall–Kier alpha value is -2.01. The number of hydrogen-bond donors (Lipinski definition) is 1. The van der Waals surface area contributed by atoms with Crippen molar-refractivity contribution in [2.75, 3.05) is 13.2 Å². The molecule has 0 radical (unpaired) electrons. The molecule has 4 nitrogen and oxygen atoms in total. The van der Waals surface area contributed by atoms with Gasteiger partial charge in [-0.3, -0.25) is 0 Å². The second-order valence-electron chi connectivity index (χ2n) is 3.96. The standard InChI is InChI=1S/C15H13BrO4/c16-13-3-1-2-4-14(13)20-10-9-19-12-7-5-11(6-8-12)15(17)18/h1-8H,9-10H2,(H,17,18). The van der Waals surface area contributed by atoms with Gasteiger partial charge in [0, 0.05) is 0 Å². The minimum atomic E-state index is -0.950. The fourth-order valence-corrected chi connectivity index (χ4v) is 1.97. The van der Waals surface area contributed by atoms with Gasteiger partial charge in [-0.15, -0.1) is 0 Å². The van der Waals surface area contributed by atoms with Crippen molar-refractivity contribution in [2.45, 2.75) is 0 Å². The van der Waals surface area contributed by atoms with Gasteiger partial charge in [0.15, 0.2) is 0 Å². The van der Waals surface area contributed by atoms with Crippen molar-refractivity contribution in [3.05, 3.63) is 58.6 Å². The average molecular weight is 337 g/mol. The molecule has 2 rings (SSSR count). The fourth-order valence-electron chi connectivity index (χ4n) is 1.57. The molecular weight excluding hydrogens is 324 g/mol. The van der Waals surface area contributed by atoms with E-state index in [1.807, 2.05) is 24.3 Å². The first-order chi connectivity index (χ1) is 9.66. The van der Waals surface area contributed by atoms with Crippen molar-refractivity contribution in [3.63, 3.8) is 0 Å². The van der Waals surface area contributed by atoms with Crippen molar-refractivity contribution in [2.24, 2.45) is 0 Å². The fraction of sp³-hybridized carbons (Fsp3) is 0.133. The lowest BCUT2D eigenvalue weighted by Crippen LogP contribution is -2.09. The zero-order valence-electron chi connectivity index (χ0n) is 10.6. The third-order valence-corrected chi connectivity index (χ3v) is 3.20. The summed E-state index contributed by atoms with van der Waals surface area (Å²) in [4.78, 5) is 10.7. The van der Waals surface area contributed by atoms with Crippen LogP contribution in [-0.4, -0.2) is 24.3 Å². The molecule has 0 atom stereocenters. The van der Waals surface area contributed by atoms with Crippen molar-refractivity contribution in [1.82, 2.24) is 0 Å². The Balaban J connectivity index is 1.79. The number of benzene rings is 2. The number of hydrogen-bond acceptors (Lipinski definition) is 3. The zero-order valence-corrected chi connectivity index (χ0v) is 12.2. The van der Waals surface area contributed by atoms with Crippen LogP contribution in [-0.2, 0) is 0 Å². The molecule has 0 aromatic heterocycles. The molecule has 0 saturated heterocycles. The van der Waals surface area contributed by atoms with E-state index in [4.69, 9.17) is 14.6 Å². The maximum atomic E-state index is 10.7. The van der Waals surface area contributed by atoms with Crippen LogP contribution in [0.3, 0.4) is 0 Å². The van der Waals surface area contributed by atoms with Crippen molar-refractivity contribution < 1.29 is 19.4 Å². The van der Waals surface area contributed by atoms with Gasteiger partial charge in [-0.1, -0.05) is 12.1 Å². The van der Waals surface area contributed by atoms with Crippen LogP contribution in [0.1, 0.15) is 10.4 Å². The number of halogens is 1. The summed E-state index contributed by atoms with van der Waals surface area (Å²) < 4.78 is 11.9. The van der Waals surface area contributed by atoms with Gasteiger partial charge in [0.1, 0.15) is 24.7 Å². The van der Waals surface area contributed by atoms with Gasteiger partial charge in [0.2, 0.25) is 0 Å². The lowest BCUT2D eigenvalue weighted by Gasteiger charge is -2.09. The van der Waals surface area contributed by atoms with Crippen LogP contribution in [0.2, 0.25) is 0 Å². The van der Waals surface area contributed by atoms with E-state index in [0.29, 0.717) is 19.0 Å². The summed E-state index contributed by atoms with van der Waals surface area (Å²) in [7, 11) is 0. The summed E-state index contributed by atoms with van der Waals surface area (Å²) in [6, 6.07) is 13.8. The molecule has 5 heteroatoms. The molecule has 1 N–H and O–H groups in total. The third kappa shape index (κ3) is 3.99. The Kier molecular flexibility index (Phi) is 5.01. The summed E-state index contributed by atoms with van der Waals surface area (Å²) in [5.41, 5.74) is 0.238. The Labute approximate surface area is 125 Å². The van der Waals surface area contributed by atoms with Crippen LogP contribution in [0.4, 0.5) is 0 Å². The number of ether oxygens (including phenoxy) is 2. The molecule has 0 bridgehead atoms. The lowest BCUT2D eigenvalue weighted by molar-refractivity contribution is 0.0697. The van der Waals surface area contributed by atoms with Crippen LogP contribution in [0.5, 0.6) is 11.5 Å². The van der Waals surface area contributed by atoms with E-state index < -0.39 is 5.97 Å². The summed E-state index contributed by atoms with van der Waals surface area (Å²) in [5, 5.41) is 8.78. The molecule has 0 saturated carbocycles. The maximum Gasteiger partial charge on any atom is 0.335 e. The van der Waals surface area contributed by atoms with Gasteiger partial charge in [-0.2, -0.15) is 0 Å². The number of carboxylic acid groups (broad SMARTS) is 1. The number of carbonyl (C=O) groups is 1.